The first-order valence-electron chi connectivity index (χ1n) is 7.85. The van der Waals surface area contributed by atoms with Gasteiger partial charge in [0, 0.05) is 18.8 Å². The molecule has 6 nitrogen and oxygen atoms in total. The first-order chi connectivity index (χ1) is 12.2. The van der Waals surface area contributed by atoms with Crippen molar-refractivity contribution in [1.82, 2.24) is 15.0 Å². The molecular formula is C18H18ClN5O. The average Bonchev–Trinajstić information content (AvgIpc) is 2.64. The van der Waals surface area contributed by atoms with Gasteiger partial charge in [-0.15, -0.1) is 0 Å². The lowest BCUT2D eigenvalue weighted by atomic mass is 10.2. The normalized spacial score (nSPS) is 10.5. The van der Waals surface area contributed by atoms with Gasteiger partial charge in [0.05, 0.1) is 28.7 Å². The van der Waals surface area contributed by atoms with Gasteiger partial charge in [0.1, 0.15) is 5.82 Å². The van der Waals surface area contributed by atoms with Crippen LogP contribution in [0.15, 0.2) is 48.7 Å². The number of pyridine rings is 1. The Morgan fingerprint density at radius 2 is 1.96 bits per heavy atom. The van der Waals surface area contributed by atoms with Crippen molar-refractivity contribution in [3.8, 4) is 11.4 Å². The summed E-state index contributed by atoms with van der Waals surface area (Å²) in [5.41, 5.74) is 3.21. The number of halogens is 1. The van der Waals surface area contributed by atoms with Crippen molar-refractivity contribution in [2.45, 2.75) is 6.92 Å². The molecule has 128 valence electrons. The molecular weight excluding hydrogens is 338 g/mol. The van der Waals surface area contributed by atoms with Gasteiger partial charge in [0.2, 0.25) is 5.95 Å². The Balaban J connectivity index is 2.00. The molecule has 3 aromatic rings. The van der Waals surface area contributed by atoms with E-state index in [4.69, 9.17) is 16.7 Å². The van der Waals surface area contributed by atoms with Gasteiger partial charge < -0.3 is 15.7 Å². The highest BCUT2D eigenvalue weighted by atomic mass is 35.5. The maximum atomic E-state index is 9.03. The summed E-state index contributed by atoms with van der Waals surface area (Å²) in [4.78, 5) is 13.2. The number of rotatable bonds is 6. The number of nitrogens with zero attached hydrogens (tertiary/aromatic N) is 3. The standard InChI is InChI=1S/C18H18ClN5O/c1-12-5-4-6-13(19)17(12)23-16-11-15(14-7-2-3-8-20-14)22-18(24-16)21-9-10-25/h2-8,11,25H,9-10H2,1H3,(H2,21,22,23,24). The first kappa shape index (κ1) is 17.1. The molecule has 0 fully saturated rings. The van der Waals surface area contributed by atoms with E-state index in [1.54, 1.807) is 6.20 Å². The fraction of sp³-hybridized carbons (Fsp3) is 0.167. The second-order valence-electron chi connectivity index (χ2n) is 5.38. The molecule has 0 atom stereocenters. The van der Waals surface area contributed by atoms with E-state index in [0.29, 0.717) is 29.0 Å². The Morgan fingerprint density at radius 3 is 2.68 bits per heavy atom. The van der Waals surface area contributed by atoms with Crippen LogP contribution in [-0.2, 0) is 0 Å². The van der Waals surface area contributed by atoms with E-state index in [0.717, 1.165) is 16.9 Å². The summed E-state index contributed by atoms with van der Waals surface area (Å²) in [6.45, 7) is 2.32. The number of aryl methyl sites for hydroxylation is 1. The van der Waals surface area contributed by atoms with Crippen LogP contribution >= 0.6 is 11.6 Å². The number of nitrogens with one attached hydrogen (secondary N) is 2. The Bertz CT molecular complexity index is 837. The molecule has 0 amide bonds. The Kier molecular flexibility index (Phi) is 5.42. The predicted octanol–water partition coefficient (Wildman–Crippen LogP) is 3.65. The van der Waals surface area contributed by atoms with Crippen LogP contribution in [0, 0.1) is 6.92 Å². The summed E-state index contributed by atoms with van der Waals surface area (Å²) in [6.07, 6.45) is 1.71. The van der Waals surface area contributed by atoms with Crippen LogP contribution in [0.1, 0.15) is 5.56 Å². The number of benzene rings is 1. The second kappa shape index (κ2) is 7.92. The van der Waals surface area contributed by atoms with E-state index >= 15 is 0 Å². The first-order valence-corrected chi connectivity index (χ1v) is 8.22. The van der Waals surface area contributed by atoms with Crippen LogP contribution in [0.3, 0.4) is 0 Å². The average molecular weight is 356 g/mol. The van der Waals surface area contributed by atoms with E-state index < -0.39 is 0 Å². The maximum absolute atomic E-state index is 9.03. The lowest BCUT2D eigenvalue weighted by Crippen LogP contribution is -2.10. The van der Waals surface area contributed by atoms with Crippen molar-refractivity contribution >= 4 is 29.1 Å². The van der Waals surface area contributed by atoms with Crippen molar-refractivity contribution in [3.63, 3.8) is 0 Å². The zero-order chi connectivity index (χ0) is 17.6. The van der Waals surface area contributed by atoms with Crippen molar-refractivity contribution in [2.75, 3.05) is 23.8 Å². The number of aliphatic hydroxyl groups is 1. The molecule has 1 aromatic carbocycles. The third-order valence-electron chi connectivity index (χ3n) is 3.52. The molecule has 0 aliphatic carbocycles. The Morgan fingerprint density at radius 1 is 1.08 bits per heavy atom. The van der Waals surface area contributed by atoms with Crippen molar-refractivity contribution in [1.29, 1.82) is 0 Å². The van der Waals surface area contributed by atoms with Gasteiger partial charge in [-0.05, 0) is 30.7 Å². The van der Waals surface area contributed by atoms with Crippen molar-refractivity contribution < 1.29 is 5.11 Å². The molecule has 3 rings (SSSR count). The molecule has 0 bridgehead atoms. The molecule has 7 heteroatoms. The van der Waals surface area contributed by atoms with Crippen molar-refractivity contribution in [3.05, 3.63) is 59.2 Å². The monoisotopic (exact) mass is 355 g/mol. The molecule has 0 spiro atoms. The minimum Gasteiger partial charge on any atom is -0.395 e. The van der Waals surface area contributed by atoms with Crippen molar-refractivity contribution in [2.24, 2.45) is 0 Å². The number of aliphatic hydroxyl groups excluding tert-OH is 1. The van der Waals surface area contributed by atoms with E-state index in [1.807, 2.05) is 49.4 Å². The van der Waals surface area contributed by atoms with E-state index in [1.165, 1.54) is 0 Å². The summed E-state index contributed by atoms with van der Waals surface area (Å²) in [7, 11) is 0. The molecule has 0 aliphatic heterocycles. The summed E-state index contributed by atoms with van der Waals surface area (Å²) in [5.74, 6) is 0.997. The van der Waals surface area contributed by atoms with E-state index in [-0.39, 0.29) is 6.61 Å². The van der Waals surface area contributed by atoms with Crippen LogP contribution < -0.4 is 10.6 Å². The third kappa shape index (κ3) is 4.23. The number of para-hydroxylation sites is 1. The van der Waals surface area contributed by atoms with Gasteiger partial charge >= 0.3 is 0 Å². The highest BCUT2D eigenvalue weighted by molar-refractivity contribution is 6.33. The highest BCUT2D eigenvalue weighted by Gasteiger charge is 2.10. The minimum absolute atomic E-state index is 0.0104. The number of anilines is 3. The van der Waals surface area contributed by atoms with Gasteiger partial charge in [-0.3, -0.25) is 4.98 Å². The van der Waals surface area contributed by atoms with Crippen LogP contribution in [0.2, 0.25) is 5.02 Å². The summed E-state index contributed by atoms with van der Waals surface area (Å²) >= 11 is 6.29. The number of hydrogen-bond acceptors (Lipinski definition) is 6. The van der Waals surface area contributed by atoms with Gasteiger partial charge in [-0.1, -0.05) is 29.8 Å². The quantitative estimate of drug-likeness (QED) is 0.626. The number of aromatic nitrogens is 3. The van der Waals surface area contributed by atoms with Crippen LogP contribution in [0.4, 0.5) is 17.5 Å². The van der Waals surface area contributed by atoms with E-state index in [9.17, 15) is 0 Å². The molecule has 2 aromatic heterocycles. The third-order valence-corrected chi connectivity index (χ3v) is 3.84. The molecule has 0 unspecified atom stereocenters. The Hall–Kier alpha value is -2.70. The molecule has 0 radical (unpaired) electrons. The topological polar surface area (TPSA) is 83.0 Å². The van der Waals surface area contributed by atoms with Gasteiger partial charge in [-0.2, -0.15) is 4.98 Å². The molecule has 2 heterocycles. The molecule has 3 N–H and O–H groups in total. The molecule has 0 saturated carbocycles. The smallest absolute Gasteiger partial charge is 0.225 e. The highest BCUT2D eigenvalue weighted by Crippen LogP contribution is 2.29. The largest absolute Gasteiger partial charge is 0.395 e. The van der Waals surface area contributed by atoms with Gasteiger partial charge in [0.15, 0.2) is 0 Å². The summed E-state index contributed by atoms with van der Waals surface area (Å²) < 4.78 is 0. The maximum Gasteiger partial charge on any atom is 0.225 e. The van der Waals surface area contributed by atoms with E-state index in [2.05, 4.69) is 25.6 Å². The molecule has 25 heavy (non-hydrogen) atoms. The second-order valence-corrected chi connectivity index (χ2v) is 5.79. The Labute approximate surface area is 150 Å². The van der Waals surface area contributed by atoms with Gasteiger partial charge in [-0.25, -0.2) is 4.98 Å². The predicted molar refractivity (Wildman–Crippen MR) is 100 cm³/mol. The van der Waals surface area contributed by atoms with Gasteiger partial charge in [0.25, 0.3) is 0 Å². The lowest BCUT2D eigenvalue weighted by Gasteiger charge is -2.13. The van der Waals surface area contributed by atoms with Crippen LogP contribution in [0.5, 0.6) is 0 Å². The number of hydrogen-bond donors (Lipinski definition) is 3. The zero-order valence-electron chi connectivity index (χ0n) is 13.7. The zero-order valence-corrected chi connectivity index (χ0v) is 14.5. The summed E-state index contributed by atoms with van der Waals surface area (Å²) in [5, 5.41) is 15.9. The SMILES string of the molecule is Cc1cccc(Cl)c1Nc1cc(-c2ccccn2)nc(NCCO)n1. The van der Waals surface area contributed by atoms with Crippen LogP contribution in [-0.4, -0.2) is 33.2 Å². The minimum atomic E-state index is -0.0104. The molecule has 0 saturated heterocycles. The fourth-order valence-corrected chi connectivity index (χ4v) is 2.59. The van der Waals surface area contributed by atoms with Crippen LogP contribution in [0.25, 0.3) is 11.4 Å². The molecule has 0 aliphatic rings. The fourth-order valence-electron chi connectivity index (χ4n) is 2.32. The lowest BCUT2D eigenvalue weighted by molar-refractivity contribution is 0.311. The summed E-state index contributed by atoms with van der Waals surface area (Å²) in [6, 6.07) is 13.1.